The predicted molar refractivity (Wildman–Crippen MR) is 83.1 cm³/mol. The first-order valence-corrected chi connectivity index (χ1v) is 7.17. The average Bonchev–Trinajstić information content (AvgIpc) is 2.48. The maximum atomic E-state index is 13.3. The van der Waals surface area contributed by atoms with E-state index in [2.05, 4.69) is 34.6 Å². The molecule has 2 nitrogen and oxygen atoms in total. The van der Waals surface area contributed by atoms with Gasteiger partial charge < -0.3 is 5.32 Å². The fourth-order valence-electron chi connectivity index (χ4n) is 3.05. The Kier molecular flexibility index (Phi) is 2.85. The lowest BCUT2D eigenvalue weighted by molar-refractivity contribution is 0.629. The molecule has 0 saturated heterocycles. The summed E-state index contributed by atoms with van der Waals surface area (Å²) in [6.07, 6.45) is 2.83. The van der Waals surface area contributed by atoms with Gasteiger partial charge in [0, 0.05) is 24.0 Å². The Labute approximate surface area is 122 Å². The van der Waals surface area contributed by atoms with E-state index in [1.807, 2.05) is 6.07 Å². The van der Waals surface area contributed by atoms with Crippen molar-refractivity contribution in [2.45, 2.75) is 12.3 Å². The van der Waals surface area contributed by atoms with Gasteiger partial charge in [-0.2, -0.15) is 0 Å². The average molecular weight is 278 g/mol. The summed E-state index contributed by atoms with van der Waals surface area (Å²) in [7, 11) is 0. The van der Waals surface area contributed by atoms with Crippen molar-refractivity contribution in [3.63, 3.8) is 0 Å². The number of benzene rings is 2. The van der Waals surface area contributed by atoms with Crippen LogP contribution in [-0.4, -0.2) is 11.5 Å². The van der Waals surface area contributed by atoms with Crippen molar-refractivity contribution in [3.8, 4) is 0 Å². The van der Waals surface area contributed by atoms with E-state index in [1.54, 1.807) is 18.3 Å². The Morgan fingerprint density at radius 1 is 1.14 bits per heavy atom. The van der Waals surface area contributed by atoms with Crippen LogP contribution in [0.3, 0.4) is 0 Å². The number of anilines is 1. The van der Waals surface area contributed by atoms with Gasteiger partial charge in [-0.05, 0) is 47.2 Å². The van der Waals surface area contributed by atoms with E-state index in [0.717, 1.165) is 29.6 Å². The van der Waals surface area contributed by atoms with Crippen molar-refractivity contribution in [2.75, 3.05) is 11.9 Å². The Bertz CT molecular complexity index is 813. The number of rotatable bonds is 3. The molecule has 0 radical (unpaired) electrons. The van der Waals surface area contributed by atoms with Gasteiger partial charge >= 0.3 is 0 Å². The Hall–Kier alpha value is -2.42. The van der Waals surface area contributed by atoms with Crippen LogP contribution in [0, 0.1) is 5.82 Å². The van der Waals surface area contributed by atoms with Crippen LogP contribution in [0.5, 0.6) is 0 Å². The van der Waals surface area contributed by atoms with Gasteiger partial charge in [-0.3, -0.25) is 0 Å². The van der Waals surface area contributed by atoms with E-state index in [-0.39, 0.29) is 5.82 Å². The summed E-state index contributed by atoms with van der Waals surface area (Å²) >= 11 is 0. The molecule has 0 bridgehead atoms. The summed E-state index contributed by atoms with van der Waals surface area (Å²) in [5, 5.41) is 5.26. The first-order valence-electron chi connectivity index (χ1n) is 7.17. The summed E-state index contributed by atoms with van der Waals surface area (Å²) in [6.45, 7) is 0.862. The molecule has 104 valence electrons. The molecule has 4 rings (SSSR count). The predicted octanol–water partition coefficient (Wildman–Crippen LogP) is 4.13. The van der Waals surface area contributed by atoms with Crippen molar-refractivity contribution in [1.29, 1.82) is 0 Å². The van der Waals surface area contributed by atoms with E-state index in [4.69, 9.17) is 0 Å². The molecule has 1 unspecified atom stereocenters. The Morgan fingerprint density at radius 3 is 2.95 bits per heavy atom. The third-order valence-corrected chi connectivity index (χ3v) is 4.20. The molecule has 1 atom stereocenters. The molecule has 3 heteroatoms. The number of nitrogens with zero attached hydrogens (tertiary/aromatic N) is 1. The minimum absolute atomic E-state index is 0.215. The van der Waals surface area contributed by atoms with Crippen LogP contribution in [0.4, 0.5) is 10.2 Å². The quantitative estimate of drug-likeness (QED) is 0.779. The SMILES string of the molecule is Fc1ccc2c(NCC3Cc4ccccc43)nccc2c1. The number of aromatic nitrogens is 1. The topological polar surface area (TPSA) is 24.9 Å². The fourth-order valence-corrected chi connectivity index (χ4v) is 3.05. The number of hydrogen-bond acceptors (Lipinski definition) is 2. The highest BCUT2D eigenvalue weighted by molar-refractivity contribution is 5.91. The first kappa shape index (κ1) is 12.3. The van der Waals surface area contributed by atoms with Crippen LogP contribution in [0.15, 0.2) is 54.7 Å². The summed E-state index contributed by atoms with van der Waals surface area (Å²) in [5.41, 5.74) is 2.87. The van der Waals surface area contributed by atoms with E-state index in [0.29, 0.717) is 5.92 Å². The number of pyridine rings is 1. The summed E-state index contributed by atoms with van der Waals surface area (Å²) in [6, 6.07) is 15.2. The van der Waals surface area contributed by atoms with Crippen LogP contribution in [0.1, 0.15) is 17.0 Å². The Morgan fingerprint density at radius 2 is 2.05 bits per heavy atom. The molecule has 0 saturated carbocycles. The standard InChI is InChI=1S/C18H15FN2/c19-15-5-6-17-13(10-15)7-8-20-18(17)21-11-14-9-12-3-1-2-4-16(12)14/h1-8,10,14H,9,11H2,(H,20,21). The monoisotopic (exact) mass is 278 g/mol. The zero-order valence-corrected chi connectivity index (χ0v) is 11.5. The highest BCUT2D eigenvalue weighted by atomic mass is 19.1. The largest absolute Gasteiger partial charge is 0.369 e. The Balaban J connectivity index is 1.56. The lowest BCUT2D eigenvalue weighted by Crippen LogP contribution is -2.24. The molecule has 0 spiro atoms. The first-order chi connectivity index (χ1) is 10.3. The van der Waals surface area contributed by atoms with Gasteiger partial charge in [0.2, 0.25) is 0 Å². The number of halogens is 1. The fraction of sp³-hybridized carbons (Fsp3) is 0.167. The molecule has 1 aliphatic rings. The lowest BCUT2D eigenvalue weighted by Gasteiger charge is -2.30. The van der Waals surface area contributed by atoms with Gasteiger partial charge in [0.25, 0.3) is 0 Å². The highest BCUT2D eigenvalue weighted by Gasteiger charge is 2.25. The van der Waals surface area contributed by atoms with Gasteiger partial charge in [0.05, 0.1) is 0 Å². The number of fused-ring (bicyclic) bond motifs is 2. The second-order valence-corrected chi connectivity index (χ2v) is 5.51. The van der Waals surface area contributed by atoms with Crippen LogP contribution in [0.2, 0.25) is 0 Å². The van der Waals surface area contributed by atoms with Crippen molar-refractivity contribution in [3.05, 3.63) is 71.7 Å². The van der Waals surface area contributed by atoms with Crippen molar-refractivity contribution < 1.29 is 4.39 Å². The van der Waals surface area contributed by atoms with Gasteiger partial charge in [-0.15, -0.1) is 0 Å². The third kappa shape index (κ3) is 2.15. The summed E-state index contributed by atoms with van der Waals surface area (Å²) in [4.78, 5) is 4.39. The molecule has 1 aliphatic carbocycles. The molecular formula is C18H15FN2. The minimum atomic E-state index is -0.215. The maximum Gasteiger partial charge on any atom is 0.133 e. The maximum absolute atomic E-state index is 13.3. The van der Waals surface area contributed by atoms with Crippen LogP contribution in [0.25, 0.3) is 10.8 Å². The normalized spacial score (nSPS) is 16.3. The summed E-state index contributed by atoms with van der Waals surface area (Å²) < 4.78 is 13.3. The van der Waals surface area contributed by atoms with E-state index in [9.17, 15) is 4.39 Å². The molecule has 3 aromatic rings. The van der Waals surface area contributed by atoms with Crippen molar-refractivity contribution in [2.24, 2.45) is 0 Å². The van der Waals surface area contributed by atoms with Crippen LogP contribution < -0.4 is 5.32 Å². The van der Waals surface area contributed by atoms with Gasteiger partial charge in [0.1, 0.15) is 11.6 Å². The van der Waals surface area contributed by atoms with Crippen LogP contribution >= 0.6 is 0 Å². The summed E-state index contributed by atoms with van der Waals surface area (Å²) in [5.74, 6) is 1.16. The molecule has 0 amide bonds. The smallest absolute Gasteiger partial charge is 0.133 e. The van der Waals surface area contributed by atoms with Crippen molar-refractivity contribution >= 4 is 16.6 Å². The highest BCUT2D eigenvalue weighted by Crippen LogP contribution is 2.35. The number of hydrogen-bond donors (Lipinski definition) is 1. The minimum Gasteiger partial charge on any atom is -0.369 e. The van der Waals surface area contributed by atoms with Gasteiger partial charge in [-0.1, -0.05) is 24.3 Å². The van der Waals surface area contributed by atoms with E-state index < -0.39 is 0 Å². The van der Waals surface area contributed by atoms with E-state index >= 15 is 0 Å². The third-order valence-electron chi connectivity index (χ3n) is 4.20. The van der Waals surface area contributed by atoms with Crippen molar-refractivity contribution in [1.82, 2.24) is 4.98 Å². The lowest BCUT2D eigenvalue weighted by atomic mass is 9.77. The second kappa shape index (κ2) is 4.85. The number of nitrogens with one attached hydrogen (secondary N) is 1. The van der Waals surface area contributed by atoms with E-state index in [1.165, 1.54) is 17.2 Å². The molecule has 1 aromatic heterocycles. The zero-order valence-electron chi connectivity index (χ0n) is 11.5. The molecule has 1 heterocycles. The molecule has 0 aliphatic heterocycles. The molecule has 0 fully saturated rings. The molecule has 2 aromatic carbocycles. The van der Waals surface area contributed by atoms with Gasteiger partial charge in [0.15, 0.2) is 0 Å². The van der Waals surface area contributed by atoms with Crippen LogP contribution in [-0.2, 0) is 6.42 Å². The zero-order chi connectivity index (χ0) is 14.2. The molecule has 21 heavy (non-hydrogen) atoms. The second-order valence-electron chi connectivity index (χ2n) is 5.51. The molecule has 1 N–H and O–H groups in total. The molecular weight excluding hydrogens is 263 g/mol. The van der Waals surface area contributed by atoms with Gasteiger partial charge in [-0.25, -0.2) is 9.37 Å².